The summed E-state index contributed by atoms with van der Waals surface area (Å²) in [6, 6.07) is 8.44. The molecule has 0 bridgehead atoms. The van der Waals surface area contributed by atoms with Gasteiger partial charge in [-0.1, -0.05) is 31.4 Å². The van der Waals surface area contributed by atoms with E-state index in [4.69, 9.17) is 0 Å². The van der Waals surface area contributed by atoms with Crippen LogP contribution in [-0.4, -0.2) is 16.9 Å². The van der Waals surface area contributed by atoms with Crippen LogP contribution < -0.4 is 10.6 Å². The number of aromatic nitrogens is 1. The van der Waals surface area contributed by atoms with Crippen molar-refractivity contribution >= 4 is 17.3 Å². The largest absolute Gasteiger partial charge is 0.381 e. The number of anilines is 2. The summed E-state index contributed by atoms with van der Waals surface area (Å²) in [6.45, 7) is 4.01. The number of pyridine rings is 1. The number of hydrogen-bond donors (Lipinski definition) is 2. The topological polar surface area (TPSA) is 54.0 Å². The first-order valence-corrected chi connectivity index (χ1v) is 8.72. The van der Waals surface area contributed by atoms with Gasteiger partial charge in [0.1, 0.15) is 0 Å². The molecule has 1 fully saturated rings. The normalized spacial score (nSPS) is 15.1. The molecule has 4 heteroatoms. The maximum absolute atomic E-state index is 12.5. The number of benzene rings is 1. The fourth-order valence-corrected chi connectivity index (χ4v) is 3.19. The van der Waals surface area contributed by atoms with Crippen LogP contribution in [0, 0.1) is 13.8 Å². The maximum atomic E-state index is 12.5. The summed E-state index contributed by atoms with van der Waals surface area (Å²) in [5, 5.41) is 6.51. The number of nitrogens with one attached hydrogen (secondary N) is 2. The van der Waals surface area contributed by atoms with Gasteiger partial charge in [-0.3, -0.25) is 9.78 Å². The highest BCUT2D eigenvalue weighted by Gasteiger charge is 2.14. The minimum Gasteiger partial charge on any atom is -0.381 e. The first-order valence-electron chi connectivity index (χ1n) is 8.72. The van der Waals surface area contributed by atoms with Gasteiger partial charge in [0.2, 0.25) is 0 Å². The Balaban J connectivity index is 1.70. The zero-order valence-electron chi connectivity index (χ0n) is 14.4. The van der Waals surface area contributed by atoms with Crippen molar-refractivity contribution in [2.45, 2.75) is 52.0 Å². The Morgan fingerprint density at radius 1 is 1.08 bits per heavy atom. The maximum Gasteiger partial charge on any atom is 0.257 e. The average Bonchev–Trinajstić information content (AvgIpc) is 2.59. The summed E-state index contributed by atoms with van der Waals surface area (Å²) < 4.78 is 0. The van der Waals surface area contributed by atoms with Crippen molar-refractivity contribution in [3.05, 3.63) is 53.3 Å². The molecule has 1 aromatic carbocycles. The molecule has 1 aliphatic carbocycles. The molecule has 0 atom stereocenters. The average molecular weight is 323 g/mol. The Kier molecular flexibility index (Phi) is 5.14. The second kappa shape index (κ2) is 7.47. The van der Waals surface area contributed by atoms with Crippen molar-refractivity contribution in [1.82, 2.24) is 4.98 Å². The Morgan fingerprint density at radius 2 is 1.88 bits per heavy atom. The number of rotatable bonds is 4. The van der Waals surface area contributed by atoms with E-state index in [1.165, 1.54) is 32.1 Å². The first-order chi connectivity index (χ1) is 11.6. The summed E-state index contributed by atoms with van der Waals surface area (Å²) in [5.41, 5.74) is 4.54. The third kappa shape index (κ3) is 4.13. The summed E-state index contributed by atoms with van der Waals surface area (Å²) in [6.07, 6.45) is 9.68. The molecular formula is C20H25N3O. The Bertz CT molecular complexity index is 721. The van der Waals surface area contributed by atoms with Gasteiger partial charge in [0, 0.05) is 24.1 Å². The van der Waals surface area contributed by atoms with Gasteiger partial charge in [-0.2, -0.15) is 0 Å². The van der Waals surface area contributed by atoms with Crippen LogP contribution in [0.15, 0.2) is 36.7 Å². The van der Waals surface area contributed by atoms with E-state index in [9.17, 15) is 4.79 Å². The van der Waals surface area contributed by atoms with Crippen LogP contribution in [0.1, 0.15) is 53.6 Å². The zero-order valence-corrected chi connectivity index (χ0v) is 14.4. The van der Waals surface area contributed by atoms with Crippen molar-refractivity contribution in [3.8, 4) is 0 Å². The molecule has 0 radical (unpaired) electrons. The van der Waals surface area contributed by atoms with E-state index in [1.807, 2.05) is 38.1 Å². The van der Waals surface area contributed by atoms with E-state index in [0.29, 0.717) is 11.6 Å². The molecule has 0 unspecified atom stereocenters. The lowest BCUT2D eigenvalue weighted by atomic mass is 9.95. The van der Waals surface area contributed by atoms with Crippen LogP contribution in [0.4, 0.5) is 11.4 Å². The van der Waals surface area contributed by atoms with E-state index < -0.39 is 0 Å². The molecule has 1 aliphatic rings. The molecule has 0 aliphatic heterocycles. The van der Waals surface area contributed by atoms with Crippen LogP contribution in [0.25, 0.3) is 0 Å². The Hall–Kier alpha value is -2.36. The van der Waals surface area contributed by atoms with Gasteiger partial charge >= 0.3 is 0 Å². The smallest absolute Gasteiger partial charge is 0.257 e. The third-order valence-electron chi connectivity index (χ3n) is 4.62. The molecule has 2 N–H and O–H groups in total. The van der Waals surface area contributed by atoms with Crippen molar-refractivity contribution in [3.63, 3.8) is 0 Å². The molecular weight excluding hydrogens is 298 g/mol. The number of carbonyl (C=O) groups excluding carboxylic acids is 1. The van der Waals surface area contributed by atoms with Gasteiger partial charge in [-0.05, 0) is 49.9 Å². The fraction of sp³-hybridized carbons (Fsp3) is 0.400. The van der Waals surface area contributed by atoms with Crippen molar-refractivity contribution in [1.29, 1.82) is 0 Å². The van der Waals surface area contributed by atoms with Crippen molar-refractivity contribution in [2.75, 3.05) is 10.6 Å². The molecule has 126 valence electrons. The lowest BCUT2D eigenvalue weighted by molar-refractivity contribution is 0.102. The van der Waals surface area contributed by atoms with Gasteiger partial charge in [0.15, 0.2) is 0 Å². The second-order valence-electron chi connectivity index (χ2n) is 6.71. The predicted molar refractivity (Wildman–Crippen MR) is 98.6 cm³/mol. The summed E-state index contributed by atoms with van der Waals surface area (Å²) in [4.78, 5) is 16.8. The van der Waals surface area contributed by atoms with Crippen LogP contribution in [0.5, 0.6) is 0 Å². The molecule has 4 nitrogen and oxygen atoms in total. The summed E-state index contributed by atoms with van der Waals surface area (Å²) >= 11 is 0. The minimum absolute atomic E-state index is 0.122. The number of carbonyl (C=O) groups is 1. The molecule has 2 aromatic rings. The first kappa shape index (κ1) is 16.5. The second-order valence-corrected chi connectivity index (χ2v) is 6.71. The van der Waals surface area contributed by atoms with Crippen LogP contribution >= 0.6 is 0 Å². The highest BCUT2D eigenvalue weighted by Crippen LogP contribution is 2.22. The van der Waals surface area contributed by atoms with Gasteiger partial charge < -0.3 is 10.6 Å². The van der Waals surface area contributed by atoms with E-state index in [1.54, 1.807) is 12.4 Å². The molecule has 1 saturated carbocycles. The van der Waals surface area contributed by atoms with E-state index in [2.05, 4.69) is 15.6 Å². The van der Waals surface area contributed by atoms with Crippen LogP contribution in [0.2, 0.25) is 0 Å². The number of hydrogen-bond acceptors (Lipinski definition) is 3. The quantitative estimate of drug-likeness (QED) is 0.858. The lowest BCUT2D eigenvalue weighted by Crippen LogP contribution is -2.22. The minimum atomic E-state index is -0.122. The van der Waals surface area contributed by atoms with Gasteiger partial charge in [-0.15, -0.1) is 0 Å². The van der Waals surface area contributed by atoms with Gasteiger partial charge in [0.05, 0.1) is 11.3 Å². The van der Waals surface area contributed by atoms with E-state index in [0.717, 1.165) is 22.5 Å². The third-order valence-corrected chi connectivity index (χ3v) is 4.62. The highest BCUT2D eigenvalue weighted by molar-refractivity contribution is 6.05. The Labute approximate surface area is 143 Å². The van der Waals surface area contributed by atoms with Crippen LogP contribution in [0.3, 0.4) is 0 Å². The monoisotopic (exact) mass is 323 g/mol. The van der Waals surface area contributed by atoms with E-state index >= 15 is 0 Å². The molecule has 0 spiro atoms. The predicted octanol–water partition coefficient (Wildman–Crippen LogP) is 4.70. The summed E-state index contributed by atoms with van der Waals surface area (Å²) in [5.74, 6) is -0.122. The van der Waals surface area contributed by atoms with Gasteiger partial charge in [-0.25, -0.2) is 0 Å². The number of aryl methyl sites for hydroxylation is 2. The van der Waals surface area contributed by atoms with Crippen LogP contribution in [-0.2, 0) is 0 Å². The van der Waals surface area contributed by atoms with E-state index in [-0.39, 0.29) is 5.91 Å². The highest BCUT2D eigenvalue weighted by atomic mass is 16.1. The molecule has 1 heterocycles. The molecule has 24 heavy (non-hydrogen) atoms. The zero-order chi connectivity index (χ0) is 16.9. The lowest BCUT2D eigenvalue weighted by Gasteiger charge is -2.23. The van der Waals surface area contributed by atoms with Gasteiger partial charge in [0.25, 0.3) is 5.91 Å². The van der Waals surface area contributed by atoms with Crippen molar-refractivity contribution < 1.29 is 4.79 Å². The Morgan fingerprint density at radius 3 is 2.67 bits per heavy atom. The SMILES string of the molecule is Cc1ccc(C)c(NC(=O)c2cncc(NC3CCCCC3)c2)c1. The fourth-order valence-electron chi connectivity index (χ4n) is 3.19. The molecule has 3 rings (SSSR count). The standard InChI is InChI=1S/C20H25N3O/c1-14-8-9-15(2)19(10-14)23-20(24)16-11-18(13-21-12-16)22-17-6-4-3-5-7-17/h8-13,17,22H,3-7H2,1-2H3,(H,23,24). The number of amides is 1. The molecule has 1 amide bonds. The van der Waals surface area contributed by atoms with Crippen molar-refractivity contribution in [2.24, 2.45) is 0 Å². The number of nitrogens with zero attached hydrogens (tertiary/aromatic N) is 1. The molecule has 0 saturated heterocycles. The molecule has 1 aromatic heterocycles. The summed E-state index contributed by atoms with van der Waals surface area (Å²) in [7, 11) is 0.